The third kappa shape index (κ3) is 1.95. The van der Waals surface area contributed by atoms with Crippen LogP contribution in [0.15, 0.2) is 30.3 Å². The van der Waals surface area contributed by atoms with Gasteiger partial charge in [0.15, 0.2) is 0 Å². The molecule has 0 aromatic heterocycles. The van der Waals surface area contributed by atoms with Crippen molar-refractivity contribution in [3.05, 3.63) is 46.0 Å². The van der Waals surface area contributed by atoms with E-state index >= 15 is 0 Å². The highest BCUT2D eigenvalue weighted by atomic mass is 16.6. The summed E-state index contributed by atoms with van der Waals surface area (Å²) in [5, 5.41) is 29.4. The van der Waals surface area contributed by atoms with Crippen LogP contribution in [0.3, 0.4) is 0 Å². The molecule has 0 aliphatic heterocycles. The van der Waals surface area contributed by atoms with Gasteiger partial charge in [0.05, 0.1) is 17.1 Å². The SMILES string of the molecule is O=[N+]([O-])c1ccc(C2=CC(O)CC2O)cc1. The van der Waals surface area contributed by atoms with E-state index in [1.807, 2.05) is 0 Å². The predicted octanol–water partition coefficient (Wildman–Crippen LogP) is 1.10. The van der Waals surface area contributed by atoms with Crippen molar-refractivity contribution >= 4 is 11.3 Å². The normalized spacial score (nSPS) is 24.2. The standard InChI is InChI=1S/C11H11NO4/c13-9-5-10(11(14)6-9)7-1-3-8(4-2-7)12(15)16/h1-5,9,11,13-14H,6H2. The molecule has 5 heteroatoms. The lowest BCUT2D eigenvalue weighted by atomic mass is 10.0. The minimum absolute atomic E-state index is 0.0115. The molecule has 2 N–H and O–H groups in total. The lowest BCUT2D eigenvalue weighted by Crippen LogP contribution is -2.07. The molecule has 0 spiro atoms. The molecule has 0 bridgehead atoms. The fourth-order valence-electron chi connectivity index (χ4n) is 1.81. The van der Waals surface area contributed by atoms with Crippen LogP contribution in [0.5, 0.6) is 0 Å². The molecule has 0 amide bonds. The van der Waals surface area contributed by atoms with Gasteiger partial charge in [0.2, 0.25) is 0 Å². The van der Waals surface area contributed by atoms with E-state index in [1.165, 1.54) is 12.1 Å². The molecule has 5 nitrogen and oxygen atoms in total. The largest absolute Gasteiger partial charge is 0.389 e. The molecule has 84 valence electrons. The van der Waals surface area contributed by atoms with Crippen LogP contribution in [0.2, 0.25) is 0 Å². The number of aliphatic hydroxyl groups excluding tert-OH is 2. The molecule has 0 radical (unpaired) electrons. The molecule has 1 aliphatic carbocycles. The van der Waals surface area contributed by atoms with Gasteiger partial charge in [-0.1, -0.05) is 0 Å². The highest BCUT2D eigenvalue weighted by molar-refractivity contribution is 5.71. The zero-order valence-corrected chi connectivity index (χ0v) is 8.41. The fourth-order valence-corrected chi connectivity index (χ4v) is 1.81. The third-order valence-corrected chi connectivity index (χ3v) is 2.61. The van der Waals surface area contributed by atoms with Gasteiger partial charge in [0.1, 0.15) is 0 Å². The van der Waals surface area contributed by atoms with Crippen LogP contribution in [0, 0.1) is 10.1 Å². The number of rotatable bonds is 2. The maximum Gasteiger partial charge on any atom is 0.269 e. The second-order valence-corrected chi connectivity index (χ2v) is 3.74. The molecule has 0 saturated heterocycles. The highest BCUT2D eigenvalue weighted by Gasteiger charge is 2.24. The predicted molar refractivity (Wildman–Crippen MR) is 57.7 cm³/mol. The number of benzene rings is 1. The molecule has 1 aliphatic rings. The van der Waals surface area contributed by atoms with Crippen molar-refractivity contribution in [2.24, 2.45) is 0 Å². The number of non-ortho nitro benzene ring substituents is 1. The van der Waals surface area contributed by atoms with E-state index in [2.05, 4.69) is 0 Å². The Kier molecular flexibility index (Phi) is 2.72. The van der Waals surface area contributed by atoms with E-state index in [1.54, 1.807) is 18.2 Å². The van der Waals surface area contributed by atoms with Crippen LogP contribution in [0.4, 0.5) is 5.69 Å². The zero-order valence-electron chi connectivity index (χ0n) is 8.41. The molecule has 0 heterocycles. The molecule has 0 fully saturated rings. The van der Waals surface area contributed by atoms with Crippen molar-refractivity contribution in [2.75, 3.05) is 0 Å². The van der Waals surface area contributed by atoms with Gasteiger partial charge in [-0.15, -0.1) is 0 Å². The summed E-state index contributed by atoms with van der Waals surface area (Å²) in [6, 6.07) is 5.91. The number of aliphatic hydroxyl groups is 2. The van der Waals surface area contributed by atoms with E-state index in [0.29, 0.717) is 11.1 Å². The number of nitro groups is 1. The summed E-state index contributed by atoms with van der Waals surface area (Å²) in [6.07, 6.45) is 0.523. The Hall–Kier alpha value is -1.72. The van der Waals surface area contributed by atoms with Crippen LogP contribution in [0.1, 0.15) is 12.0 Å². The van der Waals surface area contributed by atoms with Crippen LogP contribution < -0.4 is 0 Å². The lowest BCUT2D eigenvalue weighted by molar-refractivity contribution is -0.384. The molecule has 1 aromatic carbocycles. The van der Waals surface area contributed by atoms with Gasteiger partial charge in [-0.3, -0.25) is 10.1 Å². The summed E-state index contributed by atoms with van der Waals surface area (Å²) in [5.74, 6) is 0. The Labute approximate surface area is 91.8 Å². The van der Waals surface area contributed by atoms with Crippen LogP contribution in [-0.2, 0) is 0 Å². The van der Waals surface area contributed by atoms with E-state index in [9.17, 15) is 20.3 Å². The lowest BCUT2D eigenvalue weighted by Gasteiger charge is -2.07. The van der Waals surface area contributed by atoms with Crippen molar-refractivity contribution in [3.8, 4) is 0 Å². The quantitative estimate of drug-likeness (QED) is 0.578. The monoisotopic (exact) mass is 221 g/mol. The Morgan fingerprint density at radius 1 is 1.25 bits per heavy atom. The topological polar surface area (TPSA) is 83.6 Å². The molecule has 2 unspecified atom stereocenters. The van der Waals surface area contributed by atoms with E-state index in [4.69, 9.17) is 0 Å². The summed E-state index contributed by atoms with van der Waals surface area (Å²) >= 11 is 0. The summed E-state index contributed by atoms with van der Waals surface area (Å²) in [6.45, 7) is 0. The van der Waals surface area contributed by atoms with E-state index in [-0.39, 0.29) is 12.1 Å². The maximum atomic E-state index is 10.5. The second-order valence-electron chi connectivity index (χ2n) is 3.74. The number of hydrogen-bond donors (Lipinski definition) is 2. The Balaban J connectivity index is 2.29. The van der Waals surface area contributed by atoms with Gasteiger partial charge in [-0.25, -0.2) is 0 Å². The van der Waals surface area contributed by atoms with Crippen molar-refractivity contribution in [1.29, 1.82) is 0 Å². The molecular weight excluding hydrogens is 210 g/mol. The Morgan fingerprint density at radius 3 is 2.31 bits per heavy atom. The smallest absolute Gasteiger partial charge is 0.269 e. The first-order valence-corrected chi connectivity index (χ1v) is 4.90. The minimum atomic E-state index is -0.698. The number of nitro benzene ring substituents is 1. The molecule has 2 atom stereocenters. The van der Waals surface area contributed by atoms with Gasteiger partial charge in [0.25, 0.3) is 5.69 Å². The van der Waals surface area contributed by atoms with Gasteiger partial charge in [0, 0.05) is 18.6 Å². The summed E-state index contributed by atoms with van der Waals surface area (Å²) in [4.78, 5) is 9.98. The third-order valence-electron chi connectivity index (χ3n) is 2.61. The van der Waals surface area contributed by atoms with Gasteiger partial charge < -0.3 is 10.2 Å². The zero-order chi connectivity index (χ0) is 11.7. The molecule has 1 aromatic rings. The summed E-state index contributed by atoms with van der Waals surface area (Å²) in [5.41, 5.74) is 1.34. The van der Waals surface area contributed by atoms with Gasteiger partial charge >= 0.3 is 0 Å². The van der Waals surface area contributed by atoms with Crippen LogP contribution in [-0.4, -0.2) is 27.3 Å². The average Bonchev–Trinajstić information content (AvgIpc) is 2.58. The first kappa shape index (κ1) is 10.8. The van der Waals surface area contributed by atoms with Crippen molar-refractivity contribution in [3.63, 3.8) is 0 Å². The van der Waals surface area contributed by atoms with Gasteiger partial charge in [-0.05, 0) is 29.3 Å². The minimum Gasteiger partial charge on any atom is -0.389 e. The number of nitrogens with zero attached hydrogens (tertiary/aromatic N) is 1. The Morgan fingerprint density at radius 2 is 1.88 bits per heavy atom. The van der Waals surface area contributed by atoms with Gasteiger partial charge in [-0.2, -0.15) is 0 Å². The number of hydrogen-bond acceptors (Lipinski definition) is 4. The molecule has 16 heavy (non-hydrogen) atoms. The molecular formula is C11H11NO4. The maximum absolute atomic E-state index is 10.5. The first-order valence-electron chi connectivity index (χ1n) is 4.90. The van der Waals surface area contributed by atoms with Crippen molar-refractivity contribution in [2.45, 2.75) is 18.6 Å². The second kappa shape index (κ2) is 4.03. The molecule has 2 rings (SSSR count). The van der Waals surface area contributed by atoms with E-state index in [0.717, 1.165) is 0 Å². The van der Waals surface area contributed by atoms with Crippen LogP contribution in [0.25, 0.3) is 5.57 Å². The average molecular weight is 221 g/mol. The Bertz CT molecular complexity index is 438. The molecule has 0 saturated carbocycles. The van der Waals surface area contributed by atoms with Crippen molar-refractivity contribution in [1.82, 2.24) is 0 Å². The highest BCUT2D eigenvalue weighted by Crippen LogP contribution is 2.29. The van der Waals surface area contributed by atoms with Crippen LogP contribution >= 0.6 is 0 Å². The summed E-state index contributed by atoms with van der Waals surface area (Å²) < 4.78 is 0. The fraction of sp³-hybridized carbons (Fsp3) is 0.273. The first-order chi connectivity index (χ1) is 7.58. The summed E-state index contributed by atoms with van der Waals surface area (Å²) in [7, 11) is 0. The van der Waals surface area contributed by atoms with Crippen molar-refractivity contribution < 1.29 is 15.1 Å². The van der Waals surface area contributed by atoms with E-state index < -0.39 is 17.1 Å².